The van der Waals surface area contributed by atoms with Crippen LogP contribution in [0.25, 0.3) is 0 Å². The van der Waals surface area contributed by atoms with Gasteiger partial charge in [-0.25, -0.2) is 8.42 Å². The minimum atomic E-state index is -3.73. The molecule has 8 heteroatoms. The normalized spacial score (nSPS) is 12.2. The number of amides is 2. The van der Waals surface area contributed by atoms with Gasteiger partial charge in [0.25, 0.3) is 0 Å². The van der Waals surface area contributed by atoms with Crippen LogP contribution in [0.5, 0.6) is 0 Å². The number of nitrogens with one attached hydrogen (secondary N) is 1. The van der Waals surface area contributed by atoms with Gasteiger partial charge in [-0.05, 0) is 56.0 Å². The highest BCUT2D eigenvalue weighted by Gasteiger charge is 2.31. The highest BCUT2D eigenvalue weighted by molar-refractivity contribution is 7.92. The van der Waals surface area contributed by atoms with Crippen LogP contribution in [0.1, 0.15) is 35.6 Å². The summed E-state index contributed by atoms with van der Waals surface area (Å²) in [6.45, 7) is 7.37. The first-order valence-corrected chi connectivity index (χ1v) is 12.4. The van der Waals surface area contributed by atoms with Gasteiger partial charge < -0.3 is 10.2 Å². The average Bonchev–Trinajstić information content (AvgIpc) is 2.71. The van der Waals surface area contributed by atoms with Crippen LogP contribution in [0.2, 0.25) is 0 Å². The van der Waals surface area contributed by atoms with Gasteiger partial charge in [0, 0.05) is 13.6 Å². The van der Waals surface area contributed by atoms with Crippen LogP contribution in [0.4, 0.5) is 5.69 Å². The lowest BCUT2D eigenvalue weighted by Gasteiger charge is -2.32. The van der Waals surface area contributed by atoms with Crippen molar-refractivity contribution in [3.8, 4) is 0 Å². The van der Waals surface area contributed by atoms with Crippen molar-refractivity contribution in [2.75, 3.05) is 24.2 Å². The second-order valence-electron chi connectivity index (χ2n) is 8.16. The van der Waals surface area contributed by atoms with Crippen LogP contribution in [0.15, 0.2) is 42.5 Å². The molecule has 0 aliphatic heterocycles. The van der Waals surface area contributed by atoms with Crippen LogP contribution in [0, 0.1) is 20.8 Å². The Labute approximate surface area is 191 Å². The summed E-state index contributed by atoms with van der Waals surface area (Å²) in [5, 5.41) is 2.61. The van der Waals surface area contributed by atoms with Crippen molar-refractivity contribution < 1.29 is 18.0 Å². The predicted octanol–water partition coefficient (Wildman–Crippen LogP) is 2.93. The van der Waals surface area contributed by atoms with Crippen LogP contribution < -0.4 is 9.62 Å². The lowest BCUT2D eigenvalue weighted by molar-refractivity contribution is -0.140. The van der Waals surface area contributed by atoms with Crippen molar-refractivity contribution in [3.05, 3.63) is 64.7 Å². The van der Waals surface area contributed by atoms with E-state index >= 15 is 0 Å². The fourth-order valence-electron chi connectivity index (χ4n) is 3.68. The molecule has 0 fully saturated rings. The third-order valence-corrected chi connectivity index (χ3v) is 6.42. The van der Waals surface area contributed by atoms with Gasteiger partial charge in [-0.1, -0.05) is 42.8 Å². The van der Waals surface area contributed by atoms with Crippen molar-refractivity contribution >= 4 is 27.5 Å². The van der Waals surface area contributed by atoms with Crippen LogP contribution >= 0.6 is 0 Å². The summed E-state index contributed by atoms with van der Waals surface area (Å²) in [7, 11) is -2.21. The van der Waals surface area contributed by atoms with E-state index in [4.69, 9.17) is 0 Å². The molecule has 1 N–H and O–H groups in total. The third-order valence-electron chi connectivity index (χ3n) is 5.28. The van der Waals surface area contributed by atoms with E-state index in [0.717, 1.165) is 32.8 Å². The zero-order valence-corrected chi connectivity index (χ0v) is 20.5. The second kappa shape index (κ2) is 10.6. The Kier molecular flexibility index (Phi) is 8.44. The molecule has 0 unspecified atom stereocenters. The number of hydrogen-bond donors (Lipinski definition) is 1. The van der Waals surface area contributed by atoms with Gasteiger partial charge >= 0.3 is 0 Å². The Morgan fingerprint density at radius 1 is 0.969 bits per heavy atom. The molecule has 0 spiro atoms. The number of benzene rings is 2. The van der Waals surface area contributed by atoms with E-state index in [9.17, 15) is 18.0 Å². The number of aryl methyl sites for hydroxylation is 3. The predicted molar refractivity (Wildman–Crippen MR) is 128 cm³/mol. The van der Waals surface area contributed by atoms with E-state index < -0.39 is 22.0 Å². The van der Waals surface area contributed by atoms with Gasteiger partial charge in [-0.2, -0.15) is 0 Å². The molecule has 174 valence electrons. The highest BCUT2D eigenvalue weighted by Crippen LogP contribution is 2.22. The van der Waals surface area contributed by atoms with Gasteiger partial charge in [-0.15, -0.1) is 0 Å². The molecule has 0 aromatic heterocycles. The van der Waals surface area contributed by atoms with Crippen molar-refractivity contribution in [3.63, 3.8) is 0 Å². The molecular weight excluding hydrogens is 426 g/mol. The van der Waals surface area contributed by atoms with Crippen LogP contribution in [-0.4, -0.2) is 51.0 Å². The third kappa shape index (κ3) is 6.56. The maximum absolute atomic E-state index is 13.5. The molecule has 0 saturated heterocycles. The zero-order valence-electron chi connectivity index (χ0n) is 19.7. The molecule has 2 aromatic rings. The molecule has 7 nitrogen and oxygen atoms in total. The van der Waals surface area contributed by atoms with E-state index in [2.05, 4.69) is 5.32 Å². The van der Waals surface area contributed by atoms with Crippen LogP contribution in [-0.2, 0) is 26.2 Å². The average molecular weight is 460 g/mol. The zero-order chi connectivity index (χ0) is 24.1. The summed E-state index contributed by atoms with van der Waals surface area (Å²) in [5.41, 5.74) is 4.18. The fourth-order valence-corrected chi connectivity index (χ4v) is 4.52. The summed E-state index contributed by atoms with van der Waals surface area (Å²) in [6.07, 6.45) is 1.48. The molecule has 0 radical (unpaired) electrons. The summed E-state index contributed by atoms with van der Waals surface area (Å²) in [5.74, 6) is -0.726. The Balaban J connectivity index is 2.45. The standard InChI is InChI=1S/C24H33N3O4S/c1-7-22(24(29)25-5)26(15-20-10-8-17(2)9-11-20)23(28)16-27(32(6,30)31)21-13-18(3)12-19(4)14-21/h8-14,22H,7,15-16H2,1-6H3,(H,25,29)/t22-/m1/s1. The first kappa shape index (κ1) is 25.4. The lowest BCUT2D eigenvalue weighted by atomic mass is 10.1. The minimum absolute atomic E-state index is 0.204. The van der Waals surface area contributed by atoms with Gasteiger partial charge in [-0.3, -0.25) is 13.9 Å². The molecule has 2 rings (SSSR count). The number of hydrogen-bond acceptors (Lipinski definition) is 4. The summed E-state index contributed by atoms with van der Waals surface area (Å²) >= 11 is 0. The molecule has 0 aliphatic rings. The maximum Gasteiger partial charge on any atom is 0.244 e. The molecule has 0 saturated carbocycles. The van der Waals surface area contributed by atoms with Crippen molar-refractivity contribution in [1.29, 1.82) is 0 Å². The quantitative estimate of drug-likeness (QED) is 0.625. The molecular formula is C24H33N3O4S. The van der Waals surface area contributed by atoms with Gasteiger partial charge in [0.1, 0.15) is 12.6 Å². The fraction of sp³-hybridized carbons (Fsp3) is 0.417. The van der Waals surface area contributed by atoms with Crippen molar-refractivity contribution in [1.82, 2.24) is 10.2 Å². The Hall–Kier alpha value is -2.87. The Morgan fingerprint density at radius 2 is 1.53 bits per heavy atom. The van der Waals surface area contributed by atoms with Gasteiger partial charge in [0.05, 0.1) is 11.9 Å². The van der Waals surface area contributed by atoms with Crippen molar-refractivity contribution in [2.45, 2.75) is 46.7 Å². The molecule has 0 aliphatic carbocycles. The summed E-state index contributed by atoms with van der Waals surface area (Å²) in [4.78, 5) is 27.5. The lowest BCUT2D eigenvalue weighted by Crippen LogP contribution is -2.51. The molecule has 32 heavy (non-hydrogen) atoms. The minimum Gasteiger partial charge on any atom is -0.357 e. The van der Waals surface area contributed by atoms with E-state index in [1.807, 2.05) is 58.0 Å². The second-order valence-corrected chi connectivity index (χ2v) is 10.1. The molecule has 2 amide bonds. The Bertz CT molecular complexity index is 1040. The first-order valence-electron chi connectivity index (χ1n) is 10.6. The van der Waals surface area contributed by atoms with Crippen LogP contribution in [0.3, 0.4) is 0 Å². The number of anilines is 1. The van der Waals surface area contributed by atoms with Gasteiger partial charge in [0.2, 0.25) is 21.8 Å². The first-order chi connectivity index (χ1) is 15.0. The SMILES string of the molecule is CC[C@H](C(=O)NC)N(Cc1ccc(C)cc1)C(=O)CN(c1cc(C)cc(C)c1)S(C)(=O)=O. The molecule has 2 aromatic carbocycles. The number of likely N-dealkylation sites (N-methyl/N-ethyl adjacent to an activating group) is 1. The molecule has 0 heterocycles. The van der Waals surface area contributed by atoms with Gasteiger partial charge in [0.15, 0.2) is 0 Å². The number of carbonyl (C=O) groups excluding carboxylic acids is 2. The van der Waals surface area contributed by atoms with E-state index in [1.165, 1.54) is 11.9 Å². The maximum atomic E-state index is 13.5. The number of nitrogens with zero attached hydrogens (tertiary/aromatic N) is 2. The smallest absolute Gasteiger partial charge is 0.244 e. The summed E-state index contributed by atoms with van der Waals surface area (Å²) < 4.78 is 26.3. The summed E-state index contributed by atoms with van der Waals surface area (Å²) in [6, 6.07) is 12.4. The topological polar surface area (TPSA) is 86.8 Å². The number of sulfonamides is 1. The van der Waals surface area contributed by atoms with E-state index in [1.54, 1.807) is 12.1 Å². The van der Waals surface area contributed by atoms with E-state index in [-0.39, 0.29) is 19.0 Å². The highest BCUT2D eigenvalue weighted by atomic mass is 32.2. The molecule has 0 bridgehead atoms. The van der Waals surface area contributed by atoms with Crippen molar-refractivity contribution in [2.24, 2.45) is 0 Å². The number of rotatable bonds is 9. The Morgan fingerprint density at radius 3 is 2.00 bits per heavy atom. The van der Waals surface area contributed by atoms with E-state index in [0.29, 0.717) is 12.1 Å². The largest absolute Gasteiger partial charge is 0.357 e. The monoisotopic (exact) mass is 459 g/mol. The molecule has 1 atom stereocenters. The number of carbonyl (C=O) groups is 2.